The SMILES string of the molecule is CCCCN(C)C(=O)c1cc(C)nc(N2CCCC2)n1. The molecule has 2 heterocycles. The second kappa shape index (κ2) is 6.68. The lowest BCUT2D eigenvalue weighted by Gasteiger charge is -2.19. The summed E-state index contributed by atoms with van der Waals surface area (Å²) in [5.74, 6) is 0.694. The molecule has 0 atom stereocenters. The summed E-state index contributed by atoms with van der Waals surface area (Å²) >= 11 is 0. The van der Waals surface area contributed by atoms with E-state index in [9.17, 15) is 4.79 Å². The van der Waals surface area contributed by atoms with Gasteiger partial charge in [-0.1, -0.05) is 13.3 Å². The molecule has 20 heavy (non-hydrogen) atoms. The monoisotopic (exact) mass is 276 g/mol. The molecule has 0 saturated carbocycles. The largest absolute Gasteiger partial charge is 0.341 e. The van der Waals surface area contributed by atoms with Gasteiger partial charge in [0.25, 0.3) is 5.91 Å². The predicted octanol–water partition coefficient (Wildman–Crippen LogP) is 2.26. The van der Waals surface area contributed by atoms with Crippen LogP contribution in [0.5, 0.6) is 0 Å². The second-order valence-electron chi connectivity index (χ2n) is 5.47. The zero-order valence-corrected chi connectivity index (χ0v) is 12.7. The summed E-state index contributed by atoms with van der Waals surface area (Å²) in [5, 5.41) is 0. The Morgan fingerprint density at radius 1 is 1.35 bits per heavy atom. The molecule has 5 heteroatoms. The summed E-state index contributed by atoms with van der Waals surface area (Å²) in [5.41, 5.74) is 1.37. The summed E-state index contributed by atoms with van der Waals surface area (Å²) in [7, 11) is 1.84. The zero-order chi connectivity index (χ0) is 14.5. The fourth-order valence-electron chi connectivity index (χ4n) is 2.41. The smallest absolute Gasteiger partial charge is 0.272 e. The van der Waals surface area contributed by atoms with E-state index in [1.165, 1.54) is 12.8 Å². The van der Waals surface area contributed by atoms with Crippen molar-refractivity contribution in [2.45, 2.75) is 39.5 Å². The Morgan fingerprint density at radius 2 is 2.05 bits per heavy atom. The predicted molar refractivity (Wildman–Crippen MR) is 80.1 cm³/mol. The van der Waals surface area contributed by atoms with Crippen LogP contribution in [-0.2, 0) is 0 Å². The van der Waals surface area contributed by atoms with Gasteiger partial charge in [-0.2, -0.15) is 0 Å². The van der Waals surface area contributed by atoms with Crippen molar-refractivity contribution in [2.75, 3.05) is 31.6 Å². The van der Waals surface area contributed by atoms with Gasteiger partial charge in [0.2, 0.25) is 5.95 Å². The molecule has 0 aliphatic carbocycles. The first-order chi connectivity index (χ1) is 9.61. The first kappa shape index (κ1) is 14.8. The van der Waals surface area contributed by atoms with Gasteiger partial charge in [-0.05, 0) is 32.3 Å². The fraction of sp³-hybridized carbons (Fsp3) is 0.667. The number of carbonyl (C=O) groups is 1. The molecule has 1 aromatic heterocycles. The number of amides is 1. The Morgan fingerprint density at radius 3 is 2.70 bits per heavy atom. The standard InChI is InChI=1S/C15H24N4O/c1-4-5-8-18(3)14(20)13-11-12(2)16-15(17-13)19-9-6-7-10-19/h11H,4-10H2,1-3H3. The highest BCUT2D eigenvalue weighted by Gasteiger charge is 2.19. The van der Waals surface area contributed by atoms with Crippen LogP contribution >= 0.6 is 0 Å². The van der Waals surface area contributed by atoms with Crippen LogP contribution in [-0.4, -0.2) is 47.5 Å². The molecule has 1 aliphatic heterocycles. The molecule has 0 bridgehead atoms. The second-order valence-corrected chi connectivity index (χ2v) is 5.47. The van der Waals surface area contributed by atoms with E-state index in [1.807, 2.05) is 14.0 Å². The topological polar surface area (TPSA) is 49.3 Å². The summed E-state index contributed by atoms with van der Waals surface area (Å²) in [4.78, 5) is 25.2. The molecule has 5 nitrogen and oxygen atoms in total. The van der Waals surface area contributed by atoms with Crippen molar-refractivity contribution in [3.63, 3.8) is 0 Å². The van der Waals surface area contributed by atoms with E-state index in [2.05, 4.69) is 21.8 Å². The van der Waals surface area contributed by atoms with E-state index < -0.39 is 0 Å². The minimum Gasteiger partial charge on any atom is -0.341 e. The summed E-state index contributed by atoms with van der Waals surface area (Å²) in [6, 6.07) is 1.78. The number of anilines is 1. The Labute approximate surface area is 121 Å². The Kier molecular flexibility index (Phi) is 4.93. The van der Waals surface area contributed by atoms with Crippen molar-refractivity contribution in [3.05, 3.63) is 17.5 Å². The van der Waals surface area contributed by atoms with Gasteiger partial charge >= 0.3 is 0 Å². The first-order valence-electron chi connectivity index (χ1n) is 7.48. The molecule has 110 valence electrons. The molecule has 0 aromatic carbocycles. The van der Waals surface area contributed by atoms with E-state index in [0.717, 1.165) is 38.2 Å². The Hall–Kier alpha value is -1.65. The number of carbonyl (C=O) groups excluding carboxylic acids is 1. The lowest BCUT2D eigenvalue weighted by Crippen LogP contribution is -2.30. The van der Waals surface area contributed by atoms with Crippen molar-refractivity contribution < 1.29 is 4.79 Å². The average Bonchev–Trinajstić information content (AvgIpc) is 2.97. The molecular formula is C15H24N4O. The molecule has 0 N–H and O–H groups in total. The van der Waals surface area contributed by atoms with Crippen LogP contribution in [0.4, 0.5) is 5.95 Å². The zero-order valence-electron chi connectivity index (χ0n) is 12.7. The molecule has 0 unspecified atom stereocenters. The van der Waals surface area contributed by atoms with Crippen LogP contribution in [0.15, 0.2) is 6.07 Å². The van der Waals surface area contributed by atoms with E-state index in [0.29, 0.717) is 11.6 Å². The third kappa shape index (κ3) is 3.46. The third-order valence-corrected chi connectivity index (χ3v) is 3.64. The van der Waals surface area contributed by atoms with E-state index in [4.69, 9.17) is 0 Å². The highest BCUT2D eigenvalue weighted by Crippen LogP contribution is 2.17. The van der Waals surface area contributed by atoms with Gasteiger partial charge < -0.3 is 9.80 Å². The van der Waals surface area contributed by atoms with Gasteiger partial charge in [-0.25, -0.2) is 9.97 Å². The Balaban J connectivity index is 2.16. The van der Waals surface area contributed by atoms with E-state index >= 15 is 0 Å². The highest BCUT2D eigenvalue weighted by molar-refractivity contribution is 5.92. The van der Waals surface area contributed by atoms with Crippen LogP contribution in [0.25, 0.3) is 0 Å². The van der Waals surface area contributed by atoms with Crippen LogP contribution in [0.1, 0.15) is 48.8 Å². The number of hydrogen-bond donors (Lipinski definition) is 0. The Bertz CT molecular complexity index is 469. The molecule has 1 saturated heterocycles. The highest BCUT2D eigenvalue weighted by atomic mass is 16.2. The molecule has 1 aliphatic rings. The van der Waals surface area contributed by atoms with Gasteiger partial charge in [-0.15, -0.1) is 0 Å². The van der Waals surface area contributed by atoms with Crippen LogP contribution in [0.2, 0.25) is 0 Å². The van der Waals surface area contributed by atoms with Gasteiger partial charge in [0, 0.05) is 32.4 Å². The first-order valence-corrected chi connectivity index (χ1v) is 7.48. The molecule has 1 amide bonds. The van der Waals surface area contributed by atoms with E-state index in [1.54, 1.807) is 11.0 Å². The van der Waals surface area contributed by atoms with Gasteiger partial charge in [0.1, 0.15) is 5.69 Å². The number of unbranched alkanes of at least 4 members (excludes halogenated alkanes) is 1. The van der Waals surface area contributed by atoms with Crippen LogP contribution in [0, 0.1) is 6.92 Å². The minimum absolute atomic E-state index is 0.00982. The maximum Gasteiger partial charge on any atom is 0.272 e. The fourth-order valence-corrected chi connectivity index (χ4v) is 2.41. The molecule has 1 fully saturated rings. The van der Waals surface area contributed by atoms with Crippen molar-refractivity contribution in [3.8, 4) is 0 Å². The molecule has 0 radical (unpaired) electrons. The van der Waals surface area contributed by atoms with E-state index in [-0.39, 0.29) is 5.91 Å². The summed E-state index contributed by atoms with van der Waals surface area (Å²) in [6.07, 6.45) is 4.46. The van der Waals surface area contributed by atoms with Crippen LogP contribution in [0.3, 0.4) is 0 Å². The van der Waals surface area contributed by atoms with Crippen molar-refractivity contribution in [1.82, 2.24) is 14.9 Å². The van der Waals surface area contributed by atoms with Crippen LogP contribution < -0.4 is 4.90 Å². The van der Waals surface area contributed by atoms with Gasteiger partial charge in [0.05, 0.1) is 0 Å². The molecule has 1 aromatic rings. The molecule has 2 rings (SSSR count). The number of aromatic nitrogens is 2. The molecule has 0 spiro atoms. The summed E-state index contributed by atoms with van der Waals surface area (Å²) in [6.45, 7) is 6.80. The minimum atomic E-state index is -0.00982. The number of aryl methyl sites for hydroxylation is 1. The maximum absolute atomic E-state index is 12.4. The quantitative estimate of drug-likeness (QED) is 0.827. The number of nitrogens with zero attached hydrogens (tertiary/aromatic N) is 4. The number of hydrogen-bond acceptors (Lipinski definition) is 4. The average molecular weight is 276 g/mol. The lowest BCUT2D eigenvalue weighted by atomic mass is 10.2. The number of rotatable bonds is 5. The molecular weight excluding hydrogens is 252 g/mol. The van der Waals surface area contributed by atoms with Gasteiger partial charge in [0.15, 0.2) is 0 Å². The normalized spacial score (nSPS) is 14.7. The summed E-state index contributed by atoms with van der Waals surface area (Å²) < 4.78 is 0. The van der Waals surface area contributed by atoms with Crippen molar-refractivity contribution in [1.29, 1.82) is 0 Å². The van der Waals surface area contributed by atoms with Crippen molar-refractivity contribution in [2.24, 2.45) is 0 Å². The third-order valence-electron chi connectivity index (χ3n) is 3.64. The lowest BCUT2D eigenvalue weighted by molar-refractivity contribution is 0.0787. The van der Waals surface area contributed by atoms with Crippen molar-refractivity contribution >= 4 is 11.9 Å². The van der Waals surface area contributed by atoms with Gasteiger partial charge in [-0.3, -0.25) is 4.79 Å². The maximum atomic E-state index is 12.4.